The Kier molecular flexibility index (Phi) is 2.96. The third kappa shape index (κ3) is 2.20. The van der Waals surface area contributed by atoms with Crippen LogP contribution in [0.3, 0.4) is 0 Å². The Balaban J connectivity index is 1.92. The number of aliphatic hydroxyl groups excluding tert-OH is 1. The van der Waals surface area contributed by atoms with Crippen LogP contribution in [-0.4, -0.2) is 33.8 Å². The summed E-state index contributed by atoms with van der Waals surface area (Å²) in [6.07, 6.45) is -0.476. The lowest BCUT2D eigenvalue weighted by molar-refractivity contribution is -0.117. The fraction of sp³-hybridized carbons (Fsp3) is 0.231. The van der Waals surface area contributed by atoms with Crippen LogP contribution in [0.2, 0.25) is 0 Å². The summed E-state index contributed by atoms with van der Waals surface area (Å²) in [6, 6.07) is 6.93. The van der Waals surface area contributed by atoms with Crippen molar-refractivity contribution >= 4 is 22.4 Å². The van der Waals surface area contributed by atoms with Crippen LogP contribution in [0.4, 0.5) is 5.13 Å². The highest BCUT2D eigenvalue weighted by molar-refractivity contribution is 7.14. The Morgan fingerprint density at radius 1 is 1.37 bits per heavy atom. The average Bonchev–Trinajstić information content (AvgIpc) is 2.96. The van der Waals surface area contributed by atoms with Gasteiger partial charge in [0.05, 0.1) is 24.8 Å². The summed E-state index contributed by atoms with van der Waals surface area (Å²) in [6.45, 7) is 0.284. The molecule has 2 N–H and O–H groups in total. The molecule has 1 saturated heterocycles. The number of aromatic nitrogens is 1. The zero-order chi connectivity index (χ0) is 13.4. The van der Waals surface area contributed by atoms with Crippen molar-refractivity contribution in [3.05, 3.63) is 29.6 Å². The first-order chi connectivity index (χ1) is 9.15. The van der Waals surface area contributed by atoms with Gasteiger partial charge in [0.1, 0.15) is 5.75 Å². The quantitative estimate of drug-likeness (QED) is 0.874. The summed E-state index contributed by atoms with van der Waals surface area (Å²) in [5.74, 6) is 0.0396. The Morgan fingerprint density at radius 3 is 2.84 bits per heavy atom. The van der Waals surface area contributed by atoms with Crippen molar-refractivity contribution in [2.24, 2.45) is 0 Å². The molecule has 1 fully saturated rings. The van der Waals surface area contributed by atoms with Crippen molar-refractivity contribution in [1.29, 1.82) is 0 Å². The highest BCUT2D eigenvalue weighted by Gasteiger charge is 2.31. The van der Waals surface area contributed by atoms with Crippen LogP contribution >= 0.6 is 11.3 Å². The predicted molar refractivity (Wildman–Crippen MR) is 72.2 cm³/mol. The van der Waals surface area contributed by atoms with E-state index in [-0.39, 0.29) is 24.6 Å². The Labute approximate surface area is 113 Å². The van der Waals surface area contributed by atoms with Crippen molar-refractivity contribution < 1.29 is 15.0 Å². The Morgan fingerprint density at radius 2 is 2.16 bits per heavy atom. The van der Waals surface area contributed by atoms with Crippen LogP contribution in [-0.2, 0) is 4.79 Å². The SMILES string of the molecule is O=C1CC(O)CN1c1nc(-c2ccccc2O)cs1. The van der Waals surface area contributed by atoms with Crippen molar-refractivity contribution in [3.8, 4) is 17.0 Å². The first-order valence-corrected chi connectivity index (χ1v) is 6.75. The summed E-state index contributed by atoms with van der Waals surface area (Å²) in [7, 11) is 0. The molecule has 2 heterocycles. The molecule has 0 spiro atoms. The van der Waals surface area contributed by atoms with E-state index in [9.17, 15) is 15.0 Å². The van der Waals surface area contributed by atoms with Crippen LogP contribution in [0.5, 0.6) is 5.75 Å². The van der Waals surface area contributed by atoms with E-state index >= 15 is 0 Å². The summed E-state index contributed by atoms with van der Waals surface area (Å²) >= 11 is 1.33. The number of amides is 1. The summed E-state index contributed by atoms with van der Waals surface area (Å²) in [5, 5.41) is 21.6. The molecule has 1 aromatic heterocycles. The second-order valence-corrected chi connectivity index (χ2v) is 5.23. The fourth-order valence-corrected chi connectivity index (χ4v) is 2.93. The molecule has 1 unspecified atom stereocenters. The van der Waals surface area contributed by atoms with E-state index in [1.54, 1.807) is 23.6 Å². The van der Waals surface area contributed by atoms with Gasteiger partial charge in [-0.15, -0.1) is 11.3 Å². The van der Waals surface area contributed by atoms with E-state index in [4.69, 9.17) is 0 Å². The molecule has 19 heavy (non-hydrogen) atoms. The van der Waals surface area contributed by atoms with Gasteiger partial charge in [0.15, 0.2) is 5.13 Å². The molecule has 1 atom stereocenters. The van der Waals surface area contributed by atoms with Crippen LogP contribution < -0.4 is 4.90 Å². The van der Waals surface area contributed by atoms with Gasteiger partial charge in [0, 0.05) is 10.9 Å². The standard InChI is InChI=1S/C13H12N2O3S/c16-8-5-12(18)15(6-8)13-14-10(7-19-13)9-3-1-2-4-11(9)17/h1-4,7-8,16-17H,5-6H2. The third-order valence-corrected chi connectivity index (χ3v) is 3.87. The minimum absolute atomic E-state index is 0.120. The number of aromatic hydroxyl groups is 1. The Hall–Kier alpha value is -1.92. The number of para-hydroxylation sites is 1. The fourth-order valence-electron chi connectivity index (χ4n) is 2.08. The number of hydrogen-bond donors (Lipinski definition) is 2. The lowest BCUT2D eigenvalue weighted by Crippen LogP contribution is -2.24. The zero-order valence-corrected chi connectivity index (χ0v) is 10.8. The average molecular weight is 276 g/mol. The molecule has 5 nitrogen and oxygen atoms in total. The molecule has 1 aromatic carbocycles. The number of benzene rings is 1. The van der Waals surface area contributed by atoms with Gasteiger partial charge in [-0.1, -0.05) is 12.1 Å². The van der Waals surface area contributed by atoms with E-state index < -0.39 is 6.10 Å². The minimum Gasteiger partial charge on any atom is -0.507 e. The molecular weight excluding hydrogens is 264 g/mol. The molecule has 1 amide bonds. The largest absolute Gasteiger partial charge is 0.507 e. The number of thiazole rings is 1. The monoisotopic (exact) mass is 276 g/mol. The number of rotatable bonds is 2. The minimum atomic E-state index is -0.620. The van der Waals surface area contributed by atoms with Crippen molar-refractivity contribution in [1.82, 2.24) is 4.98 Å². The summed E-state index contributed by atoms with van der Waals surface area (Å²) in [5.41, 5.74) is 1.27. The van der Waals surface area contributed by atoms with E-state index in [2.05, 4.69) is 4.98 Å². The molecule has 0 saturated carbocycles. The number of nitrogens with zero attached hydrogens (tertiary/aromatic N) is 2. The first-order valence-electron chi connectivity index (χ1n) is 5.87. The maximum atomic E-state index is 11.7. The molecule has 3 rings (SSSR count). The van der Waals surface area contributed by atoms with E-state index in [1.807, 2.05) is 6.07 Å². The number of phenols is 1. The maximum absolute atomic E-state index is 11.7. The molecule has 1 aliphatic heterocycles. The molecular formula is C13H12N2O3S. The molecule has 0 radical (unpaired) electrons. The van der Waals surface area contributed by atoms with Crippen molar-refractivity contribution in [2.75, 3.05) is 11.4 Å². The number of anilines is 1. The number of carbonyl (C=O) groups excluding carboxylic acids is 1. The Bertz CT molecular complexity index is 626. The molecule has 0 aliphatic carbocycles. The first kappa shape index (κ1) is 12.1. The molecule has 98 valence electrons. The van der Waals surface area contributed by atoms with Crippen LogP contribution in [0.1, 0.15) is 6.42 Å². The van der Waals surface area contributed by atoms with E-state index in [0.29, 0.717) is 16.4 Å². The maximum Gasteiger partial charge on any atom is 0.231 e. The number of aliphatic hydroxyl groups is 1. The number of β-amino-alcohol motifs (C(OH)–C–C–N with tert-alkyl or cyclic N) is 1. The smallest absolute Gasteiger partial charge is 0.231 e. The van der Waals surface area contributed by atoms with Gasteiger partial charge in [-0.25, -0.2) is 4.98 Å². The normalized spacial score (nSPS) is 19.1. The van der Waals surface area contributed by atoms with Gasteiger partial charge in [-0.2, -0.15) is 0 Å². The highest BCUT2D eigenvalue weighted by atomic mass is 32.1. The van der Waals surface area contributed by atoms with Crippen molar-refractivity contribution in [3.63, 3.8) is 0 Å². The lowest BCUT2D eigenvalue weighted by Gasteiger charge is -2.10. The lowest BCUT2D eigenvalue weighted by atomic mass is 10.1. The predicted octanol–water partition coefficient (Wildman–Crippen LogP) is 1.61. The number of carbonyl (C=O) groups is 1. The van der Waals surface area contributed by atoms with Gasteiger partial charge in [0.25, 0.3) is 0 Å². The molecule has 0 bridgehead atoms. The van der Waals surface area contributed by atoms with Gasteiger partial charge in [-0.3, -0.25) is 9.69 Å². The molecule has 2 aromatic rings. The van der Waals surface area contributed by atoms with Crippen molar-refractivity contribution in [2.45, 2.75) is 12.5 Å². The van der Waals surface area contributed by atoms with Gasteiger partial charge in [-0.05, 0) is 12.1 Å². The van der Waals surface area contributed by atoms with Crippen LogP contribution in [0.25, 0.3) is 11.3 Å². The number of phenolic OH excluding ortho intramolecular Hbond substituents is 1. The second-order valence-electron chi connectivity index (χ2n) is 4.39. The molecule has 1 aliphatic rings. The summed E-state index contributed by atoms with van der Waals surface area (Å²) in [4.78, 5) is 17.5. The van der Waals surface area contributed by atoms with Crippen LogP contribution in [0.15, 0.2) is 29.6 Å². The van der Waals surface area contributed by atoms with E-state index in [1.165, 1.54) is 16.2 Å². The number of hydrogen-bond acceptors (Lipinski definition) is 5. The summed E-state index contributed by atoms with van der Waals surface area (Å²) < 4.78 is 0. The molecule has 6 heteroatoms. The van der Waals surface area contributed by atoms with E-state index in [0.717, 1.165) is 0 Å². The second kappa shape index (κ2) is 4.64. The third-order valence-electron chi connectivity index (χ3n) is 3.01. The zero-order valence-electron chi connectivity index (χ0n) is 9.98. The van der Waals surface area contributed by atoms with Gasteiger partial charge >= 0.3 is 0 Å². The van der Waals surface area contributed by atoms with Crippen LogP contribution in [0, 0.1) is 0 Å². The van der Waals surface area contributed by atoms with Gasteiger partial charge < -0.3 is 10.2 Å². The topological polar surface area (TPSA) is 73.7 Å². The highest BCUT2D eigenvalue weighted by Crippen LogP contribution is 2.33. The van der Waals surface area contributed by atoms with Gasteiger partial charge in [0.2, 0.25) is 5.91 Å².